The summed E-state index contributed by atoms with van der Waals surface area (Å²) in [5, 5.41) is 8.49. The van der Waals surface area contributed by atoms with Crippen molar-refractivity contribution >= 4 is 5.97 Å². The number of aliphatic carboxylic acids is 1. The lowest BCUT2D eigenvalue weighted by Crippen LogP contribution is -2.54. The van der Waals surface area contributed by atoms with Crippen molar-refractivity contribution in [2.75, 3.05) is 33.2 Å². The first kappa shape index (κ1) is 13.2. The van der Waals surface area contributed by atoms with Crippen LogP contribution >= 0.6 is 0 Å². The van der Waals surface area contributed by atoms with Gasteiger partial charge >= 0.3 is 12.1 Å². The minimum absolute atomic E-state index is 0.258. The molecule has 16 heavy (non-hydrogen) atoms. The van der Waals surface area contributed by atoms with Crippen LogP contribution in [0.3, 0.4) is 0 Å². The van der Waals surface area contributed by atoms with Crippen molar-refractivity contribution < 1.29 is 23.1 Å². The van der Waals surface area contributed by atoms with Crippen LogP contribution in [0.5, 0.6) is 0 Å². The number of rotatable bonds is 3. The molecule has 1 aliphatic heterocycles. The maximum absolute atomic E-state index is 12.6. The molecular weight excluding hydrogens is 225 g/mol. The first-order valence-electron chi connectivity index (χ1n) is 5.02. The number of carboxylic acids is 1. The Kier molecular flexibility index (Phi) is 4.15. The van der Waals surface area contributed by atoms with Gasteiger partial charge in [-0.3, -0.25) is 9.69 Å². The maximum Gasteiger partial charge on any atom is 0.404 e. The molecule has 0 aromatic heterocycles. The lowest BCUT2D eigenvalue weighted by Gasteiger charge is -2.38. The van der Waals surface area contributed by atoms with Crippen molar-refractivity contribution in [2.45, 2.75) is 18.6 Å². The molecular formula is C9H15F3N2O2. The van der Waals surface area contributed by atoms with E-state index in [1.165, 1.54) is 4.90 Å². The molecule has 0 spiro atoms. The third-order valence-electron chi connectivity index (χ3n) is 2.72. The van der Waals surface area contributed by atoms with Crippen LogP contribution in [0.4, 0.5) is 13.2 Å². The monoisotopic (exact) mass is 240 g/mol. The molecule has 1 unspecified atom stereocenters. The molecule has 7 heteroatoms. The third-order valence-corrected chi connectivity index (χ3v) is 2.72. The van der Waals surface area contributed by atoms with Crippen LogP contribution in [0.2, 0.25) is 0 Å². The molecule has 0 radical (unpaired) electrons. The quantitative estimate of drug-likeness (QED) is 0.786. The molecule has 1 heterocycles. The minimum atomic E-state index is -4.48. The molecule has 0 aromatic carbocycles. The summed E-state index contributed by atoms with van der Waals surface area (Å²) in [6, 6.07) is -1.86. The van der Waals surface area contributed by atoms with E-state index in [0.717, 1.165) is 0 Å². The van der Waals surface area contributed by atoms with Gasteiger partial charge < -0.3 is 10.0 Å². The fraction of sp³-hybridized carbons (Fsp3) is 0.889. The molecule has 1 atom stereocenters. The van der Waals surface area contributed by atoms with E-state index in [2.05, 4.69) is 0 Å². The summed E-state index contributed by atoms with van der Waals surface area (Å²) in [5.41, 5.74) is 0. The Hall–Kier alpha value is -0.820. The highest BCUT2D eigenvalue weighted by atomic mass is 19.4. The van der Waals surface area contributed by atoms with Crippen LogP contribution in [-0.2, 0) is 4.79 Å². The largest absolute Gasteiger partial charge is 0.481 e. The molecule has 0 amide bonds. The van der Waals surface area contributed by atoms with Gasteiger partial charge in [0.05, 0.1) is 6.42 Å². The number of piperazine rings is 1. The van der Waals surface area contributed by atoms with Crippen molar-refractivity contribution in [1.29, 1.82) is 0 Å². The normalized spacial score (nSPS) is 22.0. The van der Waals surface area contributed by atoms with Crippen molar-refractivity contribution in [3.8, 4) is 0 Å². The molecule has 0 aromatic rings. The van der Waals surface area contributed by atoms with Crippen molar-refractivity contribution in [2.24, 2.45) is 0 Å². The maximum atomic E-state index is 12.6. The van der Waals surface area contributed by atoms with Crippen LogP contribution < -0.4 is 0 Å². The zero-order valence-corrected chi connectivity index (χ0v) is 9.00. The first-order valence-corrected chi connectivity index (χ1v) is 5.02. The molecule has 1 aliphatic rings. The van der Waals surface area contributed by atoms with Crippen molar-refractivity contribution in [3.05, 3.63) is 0 Å². The number of hydrogen-bond acceptors (Lipinski definition) is 3. The summed E-state index contributed by atoms with van der Waals surface area (Å²) < 4.78 is 37.9. The molecule has 1 rings (SSSR count). The molecule has 0 saturated carbocycles. The lowest BCUT2D eigenvalue weighted by atomic mass is 10.1. The fourth-order valence-corrected chi connectivity index (χ4v) is 1.75. The zero-order chi connectivity index (χ0) is 12.3. The van der Waals surface area contributed by atoms with Gasteiger partial charge in [0.2, 0.25) is 0 Å². The number of hydrogen-bond donors (Lipinski definition) is 1. The van der Waals surface area contributed by atoms with Gasteiger partial charge in [-0.1, -0.05) is 0 Å². The van der Waals surface area contributed by atoms with Crippen molar-refractivity contribution in [1.82, 2.24) is 9.80 Å². The Labute approximate surface area is 91.6 Å². The second-order valence-corrected chi connectivity index (χ2v) is 3.99. The van der Waals surface area contributed by atoms with Gasteiger partial charge in [-0.25, -0.2) is 0 Å². The van der Waals surface area contributed by atoms with Gasteiger partial charge in [0, 0.05) is 26.2 Å². The van der Waals surface area contributed by atoms with E-state index >= 15 is 0 Å². The second kappa shape index (κ2) is 5.01. The first-order chi connectivity index (χ1) is 7.30. The number of alkyl halides is 3. The Balaban J connectivity index is 2.65. The molecule has 0 aliphatic carbocycles. The van der Waals surface area contributed by atoms with Crippen molar-refractivity contribution in [3.63, 3.8) is 0 Å². The van der Waals surface area contributed by atoms with Gasteiger partial charge in [-0.2, -0.15) is 13.2 Å². The number of likely N-dealkylation sites (N-methyl/N-ethyl adjacent to an activating group) is 1. The predicted octanol–water partition coefficient (Wildman–Crippen LogP) is 0.639. The average Bonchev–Trinajstić information content (AvgIpc) is 2.14. The Morgan fingerprint density at radius 2 is 1.81 bits per heavy atom. The van der Waals surface area contributed by atoms with Gasteiger partial charge in [0.15, 0.2) is 0 Å². The van der Waals surface area contributed by atoms with E-state index in [-0.39, 0.29) is 13.1 Å². The van der Waals surface area contributed by atoms with Crippen LogP contribution in [0, 0.1) is 0 Å². The van der Waals surface area contributed by atoms with Gasteiger partial charge in [-0.05, 0) is 7.05 Å². The summed E-state index contributed by atoms with van der Waals surface area (Å²) in [5.74, 6) is -1.42. The molecule has 0 bridgehead atoms. The van der Waals surface area contributed by atoms with Crippen LogP contribution in [0.25, 0.3) is 0 Å². The molecule has 94 valence electrons. The Morgan fingerprint density at radius 3 is 2.19 bits per heavy atom. The van der Waals surface area contributed by atoms with E-state index < -0.39 is 24.6 Å². The third kappa shape index (κ3) is 3.64. The average molecular weight is 240 g/mol. The SMILES string of the molecule is CN1CCN(C(CC(=O)O)C(F)(F)F)CC1. The Bertz CT molecular complexity index is 250. The van der Waals surface area contributed by atoms with Gasteiger partial charge in [0.1, 0.15) is 6.04 Å². The summed E-state index contributed by atoms with van der Waals surface area (Å²) in [6.07, 6.45) is -5.36. The van der Waals surface area contributed by atoms with E-state index in [4.69, 9.17) is 5.11 Å². The lowest BCUT2D eigenvalue weighted by molar-refractivity contribution is -0.193. The van der Waals surface area contributed by atoms with Crippen LogP contribution in [0.15, 0.2) is 0 Å². The van der Waals surface area contributed by atoms with Crippen LogP contribution in [-0.4, -0.2) is 66.3 Å². The highest BCUT2D eigenvalue weighted by Crippen LogP contribution is 2.27. The highest BCUT2D eigenvalue weighted by Gasteiger charge is 2.45. The molecule has 4 nitrogen and oxygen atoms in total. The minimum Gasteiger partial charge on any atom is -0.481 e. The summed E-state index contributed by atoms with van der Waals surface area (Å²) in [4.78, 5) is 13.6. The van der Waals surface area contributed by atoms with E-state index in [1.807, 2.05) is 11.9 Å². The topological polar surface area (TPSA) is 43.8 Å². The fourth-order valence-electron chi connectivity index (χ4n) is 1.75. The summed E-state index contributed by atoms with van der Waals surface area (Å²) in [6.45, 7) is 1.58. The number of carbonyl (C=O) groups is 1. The molecule has 1 saturated heterocycles. The van der Waals surface area contributed by atoms with Crippen LogP contribution in [0.1, 0.15) is 6.42 Å². The number of carboxylic acid groups (broad SMARTS) is 1. The molecule has 1 fully saturated rings. The number of halogens is 3. The highest BCUT2D eigenvalue weighted by molar-refractivity contribution is 5.67. The zero-order valence-electron chi connectivity index (χ0n) is 9.00. The van der Waals surface area contributed by atoms with E-state index in [9.17, 15) is 18.0 Å². The van der Waals surface area contributed by atoms with Gasteiger partial charge in [-0.15, -0.1) is 0 Å². The smallest absolute Gasteiger partial charge is 0.404 e. The number of nitrogens with zero attached hydrogens (tertiary/aromatic N) is 2. The predicted molar refractivity (Wildman–Crippen MR) is 51.2 cm³/mol. The standard InChI is InChI=1S/C9H15F3N2O2/c1-13-2-4-14(5-3-13)7(6-8(15)16)9(10,11)12/h7H,2-6H2,1H3,(H,15,16). The molecule has 1 N–H and O–H groups in total. The summed E-state index contributed by atoms with van der Waals surface area (Å²) in [7, 11) is 1.83. The Morgan fingerprint density at radius 1 is 1.31 bits per heavy atom. The second-order valence-electron chi connectivity index (χ2n) is 3.99. The van der Waals surface area contributed by atoms with E-state index in [1.54, 1.807) is 0 Å². The van der Waals surface area contributed by atoms with E-state index in [0.29, 0.717) is 13.1 Å². The summed E-state index contributed by atoms with van der Waals surface area (Å²) >= 11 is 0. The van der Waals surface area contributed by atoms with Gasteiger partial charge in [0.25, 0.3) is 0 Å².